The molecule has 1 amide bonds. The Bertz CT molecular complexity index is 708. The lowest BCUT2D eigenvalue weighted by atomic mass is 9.98. The molecule has 4 N–H and O–H groups in total. The van der Waals surface area contributed by atoms with E-state index >= 15 is 0 Å². The van der Waals surface area contributed by atoms with Gasteiger partial charge in [0, 0.05) is 4.75 Å². The van der Waals surface area contributed by atoms with Gasteiger partial charge in [0.15, 0.2) is 5.92 Å². The minimum Gasteiger partial charge on any atom is -0.480 e. The van der Waals surface area contributed by atoms with Gasteiger partial charge in [0.25, 0.3) is 0 Å². The molecule has 1 aliphatic rings. The highest BCUT2D eigenvalue weighted by atomic mass is 32.2. The molecule has 9 heteroatoms. The molecule has 1 fully saturated rings. The number of carboxylic acids is 2. The number of carbonyl (C=O) groups is 4. The second-order valence-corrected chi connectivity index (χ2v) is 8.23. The molecule has 0 saturated carbocycles. The molecule has 0 unspecified atom stereocenters. The summed E-state index contributed by atoms with van der Waals surface area (Å²) >= 11 is 1.21. The fraction of sp³-hybridized carbons (Fsp3) is 0.412. The SMILES string of the molecule is CC1(C)S[C@H]([C@@H](C=O)NC(=O)[C@@H](C(=O)O)c2ccccc2)N[C@H]1C(=O)O. The van der Waals surface area contributed by atoms with Crippen LogP contribution in [0.15, 0.2) is 30.3 Å². The van der Waals surface area contributed by atoms with Crippen molar-refractivity contribution in [2.45, 2.75) is 42.0 Å². The molecule has 2 rings (SSSR count). The number of amides is 1. The largest absolute Gasteiger partial charge is 0.480 e. The van der Waals surface area contributed by atoms with Crippen LogP contribution in [-0.2, 0) is 19.2 Å². The van der Waals surface area contributed by atoms with Crippen molar-refractivity contribution < 1.29 is 29.4 Å². The summed E-state index contributed by atoms with van der Waals surface area (Å²) in [4.78, 5) is 46.8. The number of aliphatic carboxylic acids is 2. The smallest absolute Gasteiger partial charge is 0.322 e. The van der Waals surface area contributed by atoms with Gasteiger partial charge in [0.2, 0.25) is 5.91 Å². The van der Waals surface area contributed by atoms with E-state index in [4.69, 9.17) is 0 Å². The summed E-state index contributed by atoms with van der Waals surface area (Å²) in [5, 5.41) is 23.2. The monoisotopic (exact) mass is 380 g/mol. The van der Waals surface area contributed by atoms with Crippen molar-refractivity contribution >= 4 is 35.9 Å². The summed E-state index contributed by atoms with van der Waals surface area (Å²) in [6.07, 6.45) is 0.479. The zero-order chi connectivity index (χ0) is 19.5. The number of thioether (sulfide) groups is 1. The molecule has 26 heavy (non-hydrogen) atoms. The van der Waals surface area contributed by atoms with Crippen LogP contribution in [0.2, 0.25) is 0 Å². The van der Waals surface area contributed by atoms with E-state index in [2.05, 4.69) is 10.6 Å². The topological polar surface area (TPSA) is 133 Å². The van der Waals surface area contributed by atoms with Gasteiger partial charge in [0.1, 0.15) is 18.4 Å². The van der Waals surface area contributed by atoms with E-state index in [0.717, 1.165) is 0 Å². The average Bonchev–Trinajstić information content (AvgIpc) is 2.89. The van der Waals surface area contributed by atoms with Crippen molar-refractivity contribution in [1.29, 1.82) is 0 Å². The summed E-state index contributed by atoms with van der Waals surface area (Å²) in [7, 11) is 0. The van der Waals surface area contributed by atoms with Gasteiger partial charge in [-0.25, -0.2) is 0 Å². The number of rotatable bonds is 7. The van der Waals surface area contributed by atoms with E-state index in [0.29, 0.717) is 6.29 Å². The fourth-order valence-corrected chi connectivity index (χ4v) is 4.26. The lowest BCUT2D eigenvalue weighted by Gasteiger charge is -2.22. The summed E-state index contributed by atoms with van der Waals surface area (Å²) < 4.78 is -0.700. The molecule has 140 valence electrons. The van der Waals surface area contributed by atoms with Crippen LogP contribution >= 0.6 is 11.8 Å². The summed E-state index contributed by atoms with van der Waals surface area (Å²) in [5.74, 6) is -4.70. The number of hydrogen-bond acceptors (Lipinski definition) is 6. The Labute approximate surface area is 154 Å². The number of carbonyl (C=O) groups excluding carboxylic acids is 2. The predicted molar refractivity (Wildman–Crippen MR) is 94.8 cm³/mol. The lowest BCUT2D eigenvalue weighted by molar-refractivity contribution is -0.143. The fourth-order valence-electron chi connectivity index (χ4n) is 2.82. The summed E-state index contributed by atoms with van der Waals surface area (Å²) in [5.41, 5.74) is 0.290. The first-order valence-corrected chi connectivity index (χ1v) is 8.75. The molecule has 4 atom stereocenters. The number of hydrogen-bond donors (Lipinski definition) is 4. The molecule has 0 radical (unpaired) electrons. The van der Waals surface area contributed by atoms with Crippen LogP contribution in [0, 0.1) is 0 Å². The van der Waals surface area contributed by atoms with Gasteiger partial charge in [-0.1, -0.05) is 30.3 Å². The second-order valence-electron chi connectivity index (χ2n) is 6.43. The third kappa shape index (κ3) is 4.23. The van der Waals surface area contributed by atoms with Crippen molar-refractivity contribution in [3.8, 4) is 0 Å². The Morgan fingerprint density at radius 2 is 1.85 bits per heavy atom. The van der Waals surface area contributed by atoms with Gasteiger partial charge >= 0.3 is 11.9 Å². The third-order valence-electron chi connectivity index (χ3n) is 4.13. The number of aldehydes is 1. The third-order valence-corrected chi connectivity index (χ3v) is 5.65. The number of nitrogens with one attached hydrogen (secondary N) is 2. The number of carboxylic acid groups (broad SMARTS) is 2. The zero-order valence-corrected chi connectivity index (χ0v) is 15.0. The second kappa shape index (κ2) is 7.88. The Morgan fingerprint density at radius 1 is 1.23 bits per heavy atom. The van der Waals surface area contributed by atoms with E-state index in [-0.39, 0.29) is 5.56 Å². The quantitative estimate of drug-likeness (QED) is 0.395. The first-order valence-electron chi connectivity index (χ1n) is 7.87. The highest BCUT2D eigenvalue weighted by Gasteiger charge is 2.48. The van der Waals surface area contributed by atoms with Crippen LogP contribution in [0.25, 0.3) is 0 Å². The van der Waals surface area contributed by atoms with E-state index in [1.165, 1.54) is 23.9 Å². The maximum absolute atomic E-state index is 12.5. The average molecular weight is 380 g/mol. The lowest BCUT2D eigenvalue weighted by Crippen LogP contribution is -2.52. The van der Waals surface area contributed by atoms with Gasteiger partial charge in [-0.3, -0.25) is 19.7 Å². The van der Waals surface area contributed by atoms with Crippen LogP contribution in [0.1, 0.15) is 25.3 Å². The molecule has 1 heterocycles. The Balaban J connectivity index is 2.16. The molecule has 0 aliphatic carbocycles. The van der Waals surface area contributed by atoms with E-state index in [1.807, 2.05) is 0 Å². The van der Waals surface area contributed by atoms with Crippen LogP contribution in [0.5, 0.6) is 0 Å². The normalized spacial score (nSPS) is 23.6. The molecule has 0 bridgehead atoms. The van der Waals surface area contributed by atoms with Gasteiger partial charge in [0.05, 0.1) is 5.37 Å². The molecule has 1 aromatic carbocycles. The van der Waals surface area contributed by atoms with Crippen molar-refractivity contribution in [2.24, 2.45) is 0 Å². The van der Waals surface area contributed by atoms with E-state index < -0.39 is 46.0 Å². The van der Waals surface area contributed by atoms with E-state index in [1.54, 1.807) is 32.0 Å². The van der Waals surface area contributed by atoms with Crippen molar-refractivity contribution in [1.82, 2.24) is 10.6 Å². The summed E-state index contributed by atoms with van der Waals surface area (Å²) in [6.45, 7) is 3.44. The molecule has 8 nitrogen and oxygen atoms in total. The highest BCUT2D eigenvalue weighted by Crippen LogP contribution is 2.39. The van der Waals surface area contributed by atoms with Gasteiger partial charge in [-0.15, -0.1) is 11.8 Å². The minimum atomic E-state index is -1.46. The first kappa shape index (κ1) is 19.9. The highest BCUT2D eigenvalue weighted by molar-refractivity contribution is 8.01. The molecule has 1 aromatic rings. The van der Waals surface area contributed by atoms with Gasteiger partial charge in [-0.05, 0) is 19.4 Å². The molecule has 0 aromatic heterocycles. The Kier molecular flexibility index (Phi) is 6.04. The van der Waals surface area contributed by atoms with Crippen molar-refractivity contribution in [3.63, 3.8) is 0 Å². The minimum absolute atomic E-state index is 0.290. The van der Waals surface area contributed by atoms with Crippen LogP contribution < -0.4 is 10.6 Å². The summed E-state index contributed by atoms with van der Waals surface area (Å²) in [6, 6.07) is 5.99. The number of benzene rings is 1. The molecule has 1 saturated heterocycles. The van der Waals surface area contributed by atoms with Crippen molar-refractivity contribution in [3.05, 3.63) is 35.9 Å². The van der Waals surface area contributed by atoms with E-state index in [9.17, 15) is 29.4 Å². The Hall–Kier alpha value is -2.39. The van der Waals surface area contributed by atoms with Crippen LogP contribution in [-0.4, -0.2) is 56.5 Å². The molecule has 1 aliphatic heterocycles. The maximum atomic E-state index is 12.5. The Morgan fingerprint density at radius 3 is 2.31 bits per heavy atom. The van der Waals surface area contributed by atoms with Gasteiger partial charge in [-0.2, -0.15) is 0 Å². The maximum Gasteiger partial charge on any atom is 0.322 e. The molecular formula is C17H20N2O6S. The van der Waals surface area contributed by atoms with Crippen molar-refractivity contribution in [2.75, 3.05) is 0 Å². The van der Waals surface area contributed by atoms with Crippen LogP contribution in [0.4, 0.5) is 0 Å². The first-order chi connectivity index (χ1) is 12.2. The standard InChI is InChI=1S/C17H20N2O6S/c1-17(2)12(16(24)25)19-14(26-17)10(8-20)18-13(21)11(15(22)23)9-6-4-3-5-7-9/h3-8,10-12,14,19H,1-2H3,(H,18,21)(H,22,23)(H,24,25)/t10-,11+,12+,14-/m1/s1. The predicted octanol–water partition coefficient (Wildman–Crippen LogP) is 0.433. The van der Waals surface area contributed by atoms with Gasteiger partial charge < -0.3 is 20.3 Å². The molecular weight excluding hydrogens is 360 g/mol. The zero-order valence-electron chi connectivity index (χ0n) is 14.2. The molecule has 0 spiro atoms. The van der Waals surface area contributed by atoms with Crippen LogP contribution in [0.3, 0.4) is 0 Å².